The first-order valence-electron chi connectivity index (χ1n) is 6.06. The van der Waals surface area contributed by atoms with Gasteiger partial charge in [-0.2, -0.15) is 0 Å². The van der Waals surface area contributed by atoms with Crippen LogP contribution in [0.25, 0.3) is 0 Å². The predicted molar refractivity (Wildman–Crippen MR) is 76.6 cm³/mol. The maximum absolute atomic E-state index is 4.66. The van der Waals surface area contributed by atoms with Gasteiger partial charge in [-0.1, -0.05) is 41.6 Å². The van der Waals surface area contributed by atoms with Crippen molar-refractivity contribution in [2.24, 2.45) is 4.99 Å². The van der Waals surface area contributed by atoms with E-state index in [0.29, 0.717) is 0 Å². The van der Waals surface area contributed by atoms with Gasteiger partial charge in [0.05, 0.1) is 6.54 Å². The average Bonchev–Trinajstić information content (AvgIpc) is 2.25. The van der Waals surface area contributed by atoms with E-state index in [9.17, 15) is 0 Å². The molecule has 92 valence electrons. The van der Waals surface area contributed by atoms with Crippen molar-refractivity contribution in [3.63, 3.8) is 0 Å². The molecule has 0 bridgehead atoms. The molecule has 0 aromatic heterocycles. The molecule has 0 amide bonds. The first kappa shape index (κ1) is 12.5. The van der Waals surface area contributed by atoms with Gasteiger partial charge in [0.25, 0.3) is 0 Å². The van der Waals surface area contributed by atoms with Gasteiger partial charge in [-0.25, -0.2) is 0 Å². The van der Waals surface area contributed by atoms with Crippen LogP contribution in [0.2, 0.25) is 0 Å². The number of amidine groups is 1. The second-order valence-electron chi connectivity index (χ2n) is 5.22. The van der Waals surface area contributed by atoms with Gasteiger partial charge in [-0.3, -0.25) is 4.99 Å². The minimum absolute atomic E-state index is 0.191. The topological polar surface area (TPSA) is 24.4 Å². The van der Waals surface area contributed by atoms with E-state index in [1.165, 1.54) is 17.5 Å². The maximum atomic E-state index is 4.66. The zero-order valence-electron chi connectivity index (χ0n) is 10.8. The first-order chi connectivity index (χ1) is 8.05. The summed E-state index contributed by atoms with van der Waals surface area (Å²) in [6.45, 7) is 7.35. The highest BCUT2D eigenvalue weighted by Crippen LogP contribution is 2.21. The average molecular weight is 248 g/mol. The molecule has 0 radical (unpaired) electrons. The Balaban J connectivity index is 2.01. The Labute approximate surface area is 108 Å². The van der Waals surface area contributed by atoms with E-state index in [0.717, 1.165) is 17.5 Å². The molecule has 2 rings (SSSR count). The van der Waals surface area contributed by atoms with Crippen molar-refractivity contribution >= 4 is 16.9 Å². The van der Waals surface area contributed by atoms with Crippen LogP contribution in [-0.4, -0.2) is 16.5 Å². The lowest BCUT2D eigenvalue weighted by Gasteiger charge is -2.32. The fourth-order valence-electron chi connectivity index (χ4n) is 1.85. The fraction of sp³-hybridized carbons (Fsp3) is 0.500. The molecular weight excluding hydrogens is 228 g/mol. The second-order valence-corrected chi connectivity index (χ2v) is 6.30. The van der Waals surface area contributed by atoms with Crippen LogP contribution in [0.4, 0.5) is 0 Å². The zero-order valence-corrected chi connectivity index (χ0v) is 11.6. The smallest absolute Gasteiger partial charge is 0.157 e. The Morgan fingerprint density at radius 1 is 1.41 bits per heavy atom. The maximum Gasteiger partial charge on any atom is 0.157 e. The highest BCUT2D eigenvalue weighted by atomic mass is 32.2. The van der Waals surface area contributed by atoms with E-state index in [-0.39, 0.29) is 5.54 Å². The Hall–Kier alpha value is -0.960. The molecule has 3 heteroatoms. The molecule has 1 aliphatic rings. The van der Waals surface area contributed by atoms with E-state index < -0.39 is 0 Å². The van der Waals surface area contributed by atoms with Crippen molar-refractivity contribution < 1.29 is 0 Å². The third-order valence-corrected chi connectivity index (χ3v) is 3.81. The van der Waals surface area contributed by atoms with E-state index in [1.54, 1.807) is 0 Å². The van der Waals surface area contributed by atoms with E-state index in [4.69, 9.17) is 0 Å². The van der Waals surface area contributed by atoms with Gasteiger partial charge in [-0.15, -0.1) is 0 Å². The van der Waals surface area contributed by atoms with Crippen LogP contribution in [-0.2, 0) is 6.54 Å². The molecule has 0 atom stereocenters. The summed E-state index contributed by atoms with van der Waals surface area (Å²) in [6.07, 6.45) is 1.20. The quantitative estimate of drug-likeness (QED) is 0.868. The lowest BCUT2D eigenvalue weighted by atomic mass is 10.0. The van der Waals surface area contributed by atoms with Crippen molar-refractivity contribution in [1.29, 1.82) is 0 Å². The van der Waals surface area contributed by atoms with Crippen LogP contribution in [0, 0.1) is 6.92 Å². The number of rotatable bonds is 2. The summed E-state index contributed by atoms with van der Waals surface area (Å²) in [4.78, 5) is 4.66. The summed E-state index contributed by atoms with van der Waals surface area (Å²) >= 11 is 1.83. The number of benzene rings is 1. The van der Waals surface area contributed by atoms with Crippen molar-refractivity contribution in [3.8, 4) is 0 Å². The fourth-order valence-corrected chi connectivity index (χ4v) is 3.16. The third-order valence-electron chi connectivity index (χ3n) is 2.90. The summed E-state index contributed by atoms with van der Waals surface area (Å²) in [6, 6.07) is 8.54. The Bertz CT molecular complexity index is 424. The molecular formula is C14H20N2S. The summed E-state index contributed by atoms with van der Waals surface area (Å²) in [5.74, 6) is 1.16. The van der Waals surface area contributed by atoms with Crippen LogP contribution >= 0.6 is 11.8 Å². The van der Waals surface area contributed by atoms with Gasteiger partial charge in [0, 0.05) is 11.3 Å². The molecule has 1 aromatic carbocycles. The normalized spacial score (nSPS) is 21.2. The first-order valence-corrected chi connectivity index (χ1v) is 7.05. The Kier molecular flexibility index (Phi) is 3.77. The third kappa shape index (κ3) is 3.77. The molecule has 17 heavy (non-hydrogen) atoms. The van der Waals surface area contributed by atoms with Gasteiger partial charge in [0.2, 0.25) is 0 Å². The molecule has 1 aliphatic heterocycles. The van der Waals surface area contributed by atoms with Crippen LogP contribution in [0.15, 0.2) is 29.3 Å². The number of thioether (sulfide) groups is 1. The molecule has 0 unspecified atom stereocenters. The SMILES string of the molecule is Cc1cccc(CN=C2NC(C)(C)CCS2)c1. The van der Waals surface area contributed by atoms with E-state index in [1.807, 2.05) is 11.8 Å². The van der Waals surface area contributed by atoms with Crippen molar-refractivity contribution in [2.75, 3.05) is 5.75 Å². The minimum Gasteiger partial charge on any atom is -0.360 e. The number of aryl methyl sites for hydroxylation is 1. The van der Waals surface area contributed by atoms with Crippen molar-refractivity contribution in [2.45, 2.75) is 39.3 Å². The molecule has 2 nitrogen and oxygen atoms in total. The Morgan fingerprint density at radius 2 is 2.24 bits per heavy atom. The van der Waals surface area contributed by atoms with Crippen LogP contribution in [0.1, 0.15) is 31.4 Å². The highest BCUT2D eigenvalue weighted by Gasteiger charge is 2.23. The van der Waals surface area contributed by atoms with Gasteiger partial charge in [-0.05, 0) is 32.8 Å². The summed E-state index contributed by atoms with van der Waals surface area (Å²) < 4.78 is 0. The molecule has 1 saturated heterocycles. The number of nitrogens with zero attached hydrogens (tertiary/aromatic N) is 1. The van der Waals surface area contributed by atoms with E-state index >= 15 is 0 Å². The molecule has 0 spiro atoms. The van der Waals surface area contributed by atoms with Crippen molar-refractivity contribution in [3.05, 3.63) is 35.4 Å². The zero-order chi connectivity index (χ0) is 12.3. The number of hydrogen-bond acceptors (Lipinski definition) is 2. The second kappa shape index (κ2) is 5.13. The lowest BCUT2D eigenvalue weighted by molar-refractivity contribution is 0.446. The molecule has 0 aliphatic carbocycles. The minimum atomic E-state index is 0.191. The van der Waals surface area contributed by atoms with Crippen LogP contribution in [0.5, 0.6) is 0 Å². The van der Waals surface area contributed by atoms with Gasteiger partial charge in [0.15, 0.2) is 5.17 Å². The number of hydrogen-bond donors (Lipinski definition) is 1. The van der Waals surface area contributed by atoms with Gasteiger partial charge >= 0.3 is 0 Å². The molecule has 0 saturated carbocycles. The van der Waals surface area contributed by atoms with E-state index in [2.05, 4.69) is 55.3 Å². The molecule has 1 heterocycles. The number of nitrogens with one attached hydrogen (secondary N) is 1. The van der Waals surface area contributed by atoms with Crippen molar-refractivity contribution in [1.82, 2.24) is 5.32 Å². The van der Waals surface area contributed by atoms with Gasteiger partial charge < -0.3 is 5.32 Å². The highest BCUT2D eigenvalue weighted by molar-refractivity contribution is 8.13. The molecule has 1 aromatic rings. The molecule has 1 N–H and O–H groups in total. The van der Waals surface area contributed by atoms with Gasteiger partial charge in [0.1, 0.15) is 0 Å². The van der Waals surface area contributed by atoms with Crippen LogP contribution in [0.3, 0.4) is 0 Å². The van der Waals surface area contributed by atoms with Crippen LogP contribution < -0.4 is 5.32 Å². The monoisotopic (exact) mass is 248 g/mol. The summed E-state index contributed by atoms with van der Waals surface area (Å²) in [5, 5.41) is 4.58. The Morgan fingerprint density at radius 3 is 2.94 bits per heavy atom. The summed E-state index contributed by atoms with van der Waals surface area (Å²) in [5.41, 5.74) is 2.77. The lowest BCUT2D eigenvalue weighted by Crippen LogP contribution is -2.46. The largest absolute Gasteiger partial charge is 0.360 e. The predicted octanol–water partition coefficient (Wildman–Crippen LogP) is 3.36. The standard InChI is InChI=1S/C14H20N2S/c1-11-5-4-6-12(9-11)10-15-13-16-14(2,3)7-8-17-13/h4-6,9H,7-8,10H2,1-3H3,(H,15,16). The number of aliphatic imine (C=N–C) groups is 1. The summed E-state index contributed by atoms with van der Waals surface area (Å²) in [7, 11) is 0. The molecule has 1 fully saturated rings.